The summed E-state index contributed by atoms with van der Waals surface area (Å²) in [7, 11) is 0. The standard InChI is InChI=1S/C14H22N4O2S/c1-14(6-3-7-20-14)8-16-12(19)10-11(15)18-13(21-10)17-9-4-2-5-9/h9H,2-8,15H2,1H3,(H,16,19)(H,17,18). The maximum Gasteiger partial charge on any atom is 0.265 e. The van der Waals surface area contributed by atoms with Gasteiger partial charge in [0.05, 0.1) is 5.60 Å². The second-order valence-electron chi connectivity index (χ2n) is 6.09. The average molecular weight is 310 g/mol. The van der Waals surface area contributed by atoms with Crippen LogP contribution in [0.3, 0.4) is 0 Å². The molecule has 4 N–H and O–H groups in total. The van der Waals surface area contributed by atoms with Crippen molar-refractivity contribution in [1.82, 2.24) is 10.3 Å². The molecule has 116 valence electrons. The molecule has 1 aromatic rings. The van der Waals surface area contributed by atoms with Crippen molar-refractivity contribution < 1.29 is 9.53 Å². The van der Waals surface area contributed by atoms with E-state index in [9.17, 15) is 4.79 Å². The number of hydrogen-bond donors (Lipinski definition) is 3. The van der Waals surface area contributed by atoms with Crippen LogP contribution in [0.15, 0.2) is 0 Å². The van der Waals surface area contributed by atoms with Crippen LogP contribution in [0.1, 0.15) is 48.7 Å². The number of anilines is 2. The molecule has 1 atom stereocenters. The number of nitrogens with two attached hydrogens (primary N) is 1. The van der Waals surface area contributed by atoms with Crippen molar-refractivity contribution in [3.8, 4) is 0 Å². The highest BCUT2D eigenvalue weighted by Gasteiger charge is 2.30. The molecule has 1 aliphatic heterocycles. The van der Waals surface area contributed by atoms with E-state index in [2.05, 4.69) is 15.6 Å². The molecular weight excluding hydrogens is 288 g/mol. The summed E-state index contributed by atoms with van der Waals surface area (Å²) >= 11 is 1.33. The summed E-state index contributed by atoms with van der Waals surface area (Å²) in [5.41, 5.74) is 5.61. The van der Waals surface area contributed by atoms with Crippen LogP contribution in [0.2, 0.25) is 0 Å². The Labute approximate surface area is 128 Å². The quantitative estimate of drug-likeness (QED) is 0.774. The Balaban J connectivity index is 1.58. The third-order valence-electron chi connectivity index (χ3n) is 4.22. The summed E-state index contributed by atoms with van der Waals surface area (Å²) in [6.07, 6.45) is 5.60. The van der Waals surface area contributed by atoms with E-state index in [0.717, 1.165) is 37.4 Å². The van der Waals surface area contributed by atoms with Gasteiger partial charge in [-0.15, -0.1) is 0 Å². The third kappa shape index (κ3) is 3.29. The molecule has 1 saturated carbocycles. The minimum atomic E-state index is -0.248. The number of amides is 1. The molecule has 0 spiro atoms. The lowest BCUT2D eigenvalue weighted by Gasteiger charge is -2.25. The summed E-state index contributed by atoms with van der Waals surface area (Å²) in [5, 5.41) is 6.98. The van der Waals surface area contributed by atoms with E-state index in [-0.39, 0.29) is 11.5 Å². The fourth-order valence-electron chi connectivity index (χ4n) is 2.61. The molecule has 21 heavy (non-hydrogen) atoms. The van der Waals surface area contributed by atoms with Gasteiger partial charge in [-0.1, -0.05) is 11.3 Å². The fourth-order valence-corrected chi connectivity index (χ4v) is 3.49. The molecule has 2 heterocycles. The molecule has 1 aliphatic carbocycles. The maximum absolute atomic E-state index is 12.2. The highest BCUT2D eigenvalue weighted by atomic mass is 32.1. The van der Waals surface area contributed by atoms with Crippen LogP contribution in [0.25, 0.3) is 0 Å². The Morgan fingerprint density at radius 3 is 2.95 bits per heavy atom. The number of ether oxygens (including phenoxy) is 1. The SMILES string of the molecule is CC1(CNC(=O)c2sc(NC3CCC3)nc2N)CCCO1. The molecule has 7 heteroatoms. The van der Waals surface area contributed by atoms with Gasteiger partial charge in [0.15, 0.2) is 5.13 Å². The van der Waals surface area contributed by atoms with Gasteiger partial charge in [0, 0.05) is 19.2 Å². The molecular formula is C14H22N4O2S. The summed E-state index contributed by atoms with van der Waals surface area (Å²) in [6.45, 7) is 3.30. The van der Waals surface area contributed by atoms with Gasteiger partial charge < -0.3 is 21.1 Å². The molecule has 3 rings (SSSR count). The maximum atomic E-state index is 12.2. The molecule has 1 unspecified atom stereocenters. The Morgan fingerprint density at radius 2 is 2.33 bits per heavy atom. The van der Waals surface area contributed by atoms with Crippen LogP contribution in [-0.2, 0) is 4.74 Å². The lowest BCUT2D eigenvalue weighted by Crippen LogP contribution is -2.40. The van der Waals surface area contributed by atoms with Crippen LogP contribution in [0.4, 0.5) is 10.9 Å². The van der Waals surface area contributed by atoms with E-state index >= 15 is 0 Å². The molecule has 0 bridgehead atoms. The van der Waals surface area contributed by atoms with Crippen molar-refractivity contribution in [2.45, 2.75) is 50.7 Å². The predicted octanol–water partition coefficient (Wildman–Crippen LogP) is 1.99. The first-order valence-electron chi connectivity index (χ1n) is 7.51. The Hall–Kier alpha value is -1.34. The Kier molecular flexibility index (Phi) is 4.03. The van der Waals surface area contributed by atoms with E-state index in [0.29, 0.717) is 23.3 Å². The smallest absolute Gasteiger partial charge is 0.265 e. The molecule has 0 radical (unpaired) electrons. The van der Waals surface area contributed by atoms with Gasteiger partial charge >= 0.3 is 0 Å². The second kappa shape index (κ2) is 5.81. The van der Waals surface area contributed by atoms with Gasteiger partial charge in [-0.3, -0.25) is 4.79 Å². The minimum Gasteiger partial charge on any atom is -0.382 e. The summed E-state index contributed by atoms with van der Waals surface area (Å²) < 4.78 is 5.67. The second-order valence-corrected chi connectivity index (χ2v) is 7.09. The number of aromatic nitrogens is 1. The van der Waals surface area contributed by atoms with E-state index in [1.54, 1.807) is 0 Å². The Bertz CT molecular complexity index is 521. The molecule has 0 aromatic carbocycles. The van der Waals surface area contributed by atoms with Gasteiger partial charge in [-0.2, -0.15) is 0 Å². The van der Waals surface area contributed by atoms with Gasteiger partial charge in [-0.25, -0.2) is 4.98 Å². The largest absolute Gasteiger partial charge is 0.382 e. The van der Waals surface area contributed by atoms with Crippen LogP contribution < -0.4 is 16.4 Å². The van der Waals surface area contributed by atoms with Crippen LogP contribution in [0, 0.1) is 0 Å². The first-order chi connectivity index (χ1) is 10.1. The zero-order valence-corrected chi connectivity index (χ0v) is 13.1. The molecule has 2 aliphatic rings. The normalized spacial score (nSPS) is 25.6. The van der Waals surface area contributed by atoms with Crippen molar-refractivity contribution in [3.05, 3.63) is 4.88 Å². The molecule has 6 nitrogen and oxygen atoms in total. The van der Waals surface area contributed by atoms with Gasteiger partial charge in [0.2, 0.25) is 0 Å². The van der Waals surface area contributed by atoms with Crippen molar-refractivity contribution in [2.24, 2.45) is 0 Å². The predicted molar refractivity (Wildman–Crippen MR) is 83.7 cm³/mol. The van der Waals surface area contributed by atoms with E-state index in [1.165, 1.54) is 17.8 Å². The summed E-state index contributed by atoms with van der Waals surface area (Å²) in [4.78, 5) is 17.0. The van der Waals surface area contributed by atoms with Gasteiger partial charge in [0.1, 0.15) is 10.7 Å². The van der Waals surface area contributed by atoms with Crippen molar-refractivity contribution in [1.29, 1.82) is 0 Å². The lowest BCUT2D eigenvalue weighted by molar-refractivity contribution is 0.0206. The average Bonchev–Trinajstić information content (AvgIpc) is 2.98. The molecule has 1 aromatic heterocycles. The van der Waals surface area contributed by atoms with Crippen LogP contribution in [-0.4, -0.2) is 35.7 Å². The van der Waals surface area contributed by atoms with Crippen molar-refractivity contribution >= 4 is 28.2 Å². The Morgan fingerprint density at radius 1 is 1.52 bits per heavy atom. The third-order valence-corrected chi connectivity index (χ3v) is 5.22. The number of thiazole rings is 1. The van der Waals surface area contributed by atoms with Crippen LogP contribution in [0.5, 0.6) is 0 Å². The van der Waals surface area contributed by atoms with E-state index in [4.69, 9.17) is 10.5 Å². The zero-order chi connectivity index (χ0) is 14.9. The highest BCUT2D eigenvalue weighted by molar-refractivity contribution is 7.18. The van der Waals surface area contributed by atoms with Gasteiger partial charge in [0.25, 0.3) is 5.91 Å². The first kappa shape index (κ1) is 14.6. The van der Waals surface area contributed by atoms with E-state index < -0.39 is 0 Å². The summed E-state index contributed by atoms with van der Waals surface area (Å²) in [6, 6.07) is 0.484. The first-order valence-corrected chi connectivity index (χ1v) is 8.32. The summed E-state index contributed by atoms with van der Waals surface area (Å²) in [5.74, 6) is 0.139. The number of carbonyl (C=O) groups excluding carboxylic acids is 1. The number of hydrogen-bond acceptors (Lipinski definition) is 6. The number of carbonyl (C=O) groups is 1. The minimum absolute atomic E-state index is 0.164. The number of nitrogens with zero attached hydrogens (tertiary/aromatic N) is 1. The zero-order valence-electron chi connectivity index (χ0n) is 12.3. The molecule has 2 fully saturated rings. The topological polar surface area (TPSA) is 89.3 Å². The monoisotopic (exact) mass is 310 g/mol. The molecule has 1 saturated heterocycles. The van der Waals surface area contributed by atoms with E-state index in [1.807, 2.05) is 6.92 Å². The van der Waals surface area contributed by atoms with Gasteiger partial charge in [-0.05, 0) is 39.0 Å². The number of nitrogens with one attached hydrogen (secondary N) is 2. The lowest BCUT2D eigenvalue weighted by atomic mass is 9.93. The molecule has 1 amide bonds. The van der Waals surface area contributed by atoms with Crippen molar-refractivity contribution in [3.63, 3.8) is 0 Å². The number of rotatable bonds is 5. The fraction of sp³-hybridized carbons (Fsp3) is 0.714. The van der Waals surface area contributed by atoms with Crippen LogP contribution >= 0.6 is 11.3 Å². The van der Waals surface area contributed by atoms with Crippen molar-refractivity contribution in [2.75, 3.05) is 24.2 Å². The highest BCUT2D eigenvalue weighted by Crippen LogP contribution is 2.30. The number of nitrogen functional groups attached to an aromatic ring is 1.